The molecule has 1 amide bonds. The number of carboxylic acids is 1. The van der Waals surface area contributed by atoms with Crippen LogP contribution in [0.1, 0.15) is 25.7 Å². The number of carbonyl (C=O) groups is 2. The van der Waals surface area contributed by atoms with Gasteiger partial charge in [0.2, 0.25) is 0 Å². The van der Waals surface area contributed by atoms with Gasteiger partial charge in [0.05, 0.1) is 19.8 Å². The van der Waals surface area contributed by atoms with E-state index in [0.29, 0.717) is 39.1 Å². The van der Waals surface area contributed by atoms with Crippen LogP contribution in [0.5, 0.6) is 0 Å². The summed E-state index contributed by atoms with van der Waals surface area (Å²) < 4.78 is 16.6. The number of amides is 1. The summed E-state index contributed by atoms with van der Waals surface area (Å²) in [5.41, 5.74) is 0. The number of nitrogens with zero attached hydrogens (tertiary/aromatic N) is 1. The summed E-state index contributed by atoms with van der Waals surface area (Å²) in [6, 6.07) is 0. The molecule has 3 saturated heterocycles. The first-order valence-electron chi connectivity index (χ1n) is 7.05. The van der Waals surface area contributed by atoms with Crippen LogP contribution in [0, 0.1) is 0 Å². The van der Waals surface area contributed by atoms with E-state index in [1.165, 1.54) is 0 Å². The molecule has 20 heavy (non-hydrogen) atoms. The predicted octanol–water partition coefficient (Wildman–Crippen LogP) is -0.0159. The molecule has 3 aliphatic heterocycles. The highest BCUT2D eigenvalue weighted by Crippen LogP contribution is 2.31. The molecule has 0 aromatic heterocycles. The molecule has 0 radical (unpaired) electrons. The fourth-order valence-electron chi connectivity index (χ4n) is 3.11. The Balaban J connectivity index is 1.61. The average molecular weight is 285 g/mol. The fraction of sp³-hybridized carbons (Fsp3) is 0.846. The average Bonchev–Trinajstić information content (AvgIpc) is 3.08. The van der Waals surface area contributed by atoms with Gasteiger partial charge in [-0.2, -0.15) is 0 Å². The van der Waals surface area contributed by atoms with E-state index in [1.807, 2.05) is 0 Å². The minimum absolute atomic E-state index is 0.146. The van der Waals surface area contributed by atoms with E-state index in [4.69, 9.17) is 19.3 Å². The van der Waals surface area contributed by atoms with Crippen molar-refractivity contribution >= 4 is 11.9 Å². The van der Waals surface area contributed by atoms with Gasteiger partial charge < -0.3 is 24.2 Å². The van der Waals surface area contributed by atoms with Gasteiger partial charge in [-0.3, -0.25) is 4.79 Å². The van der Waals surface area contributed by atoms with E-state index in [2.05, 4.69) is 0 Å². The van der Waals surface area contributed by atoms with Gasteiger partial charge in [-0.05, 0) is 19.3 Å². The van der Waals surface area contributed by atoms with E-state index in [9.17, 15) is 9.59 Å². The monoisotopic (exact) mass is 285 g/mol. The fourth-order valence-corrected chi connectivity index (χ4v) is 3.11. The van der Waals surface area contributed by atoms with Gasteiger partial charge in [0.25, 0.3) is 5.91 Å². The summed E-state index contributed by atoms with van der Waals surface area (Å²) >= 11 is 0. The van der Waals surface area contributed by atoms with Gasteiger partial charge >= 0.3 is 5.97 Å². The van der Waals surface area contributed by atoms with Crippen LogP contribution in [0.3, 0.4) is 0 Å². The zero-order valence-corrected chi connectivity index (χ0v) is 11.2. The summed E-state index contributed by atoms with van der Waals surface area (Å²) in [6.07, 6.45) is 0.953. The predicted molar refractivity (Wildman–Crippen MR) is 66.0 cm³/mol. The van der Waals surface area contributed by atoms with Crippen molar-refractivity contribution < 1.29 is 28.9 Å². The smallest absolute Gasteiger partial charge is 0.332 e. The lowest BCUT2D eigenvalue weighted by Gasteiger charge is -2.39. The van der Waals surface area contributed by atoms with Crippen molar-refractivity contribution in [1.29, 1.82) is 0 Å². The topological polar surface area (TPSA) is 85.3 Å². The van der Waals surface area contributed by atoms with Crippen molar-refractivity contribution in [2.45, 2.75) is 43.7 Å². The maximum atomic E-state index is 12.4. The molecule has 0 aromatic rings. The normalized spacial score (nSPS) is 32.7. The molecule has 7 nitrogen and oxygen atoms in total. The molecular formula is C13H19NO6. The van der Waals surface area contributed by atoms with E-state index < -0.39 is 24.0 Å². The lowest BCUT2D eigenvalue weighted by molar-refractivity contribution is -0.196. The van der Waals surface area contributed by atoms with Gasteiger partial charge in [0.1, 0.15) is 6.10 Å². The molecule has 1 spiro atoms. The molecule has 0 bridgehead atoms. The Morgan fingerprint density at radius 2 is 1.85 bits per heavy atom. The number of piperidine rings is 1. The van der Waals surface area contributed by atoms with Crippen molar-refractivity contribution in [1.82, 2.24) is 4.90 Å². The Kier molecular flexibility index (Phi) is 3.66. The quantitative estimate of drug-likeness (QED) is 0.767. The van der Waals surface area contributed by atoms with Gasteiger partial charge in [0.15, 0.2) is 11.9 Å². The molecule has 1 N–H and O–H groups in total. The third-order valence-corrected chi connectivity index (χ3v) is 4.11. The molecule has 112 valence electrons. The molecule has 2 unspecified atom stereocenters. The van der Waals surface area contributed by atoms with Crippen LogP contribution >= 0.6 is 0 Å². The Hall–Kier alpha value is -1.18. The van der Waals surface area contributed by atoms with Crippen LogP contribution in [-0.2, 0) is 23.8 Å². The molecule has 0 saturated carbocycles. The standard InChI is InChI=1S/C13H19NO6/c15-11(9-2-3-10(20-9)12(16)17)14-5-1-4-13(8-14)18-6-7-19-13/h9-10H,1-8H2,(H,16,17). The number of carbonyl (C=O) groups excluding carboxylic acids is 1. The number of hydrogen-bond donors (Lipinski definition) is 1. The van der Waals surface area contributed by atoms with Gasteiger partial charge in [-0.25, -0.2) is 4.79 Å². The van der Waals surface area contributed by atoms with Crippen molar-refractivity contribution in [3.63, 3.8) is 0 Å². The second kappa shape index (κ2) is 5.31. The lowest BCUT2D eigenvalue weighted by Crippen LogP contribution is -2.53. The summed E-state index contributed by atoms with van der Waals surface area (Å²) in [7, 11) is 0. The highest BCUT2D eigenvalue weighted by atomic mass is 16.7. The van der Waals surface area contributed by atoms with Crippen molar-refractivity contribution in [2.24, 2.45) is 0 Å². The summed E-state index contributed by atoms with van der Waals surface area (Å²) in [4.78, 5) is 24.9. The third-order valence-electron chi connectivity index (χ3n) is 4.11. The van der Waals surface area contributed by atoms with Gasteiger partial charge in [0, 0.05) is 13.0 Å². The third kappa shape index (κ3) is 2.53. The second-order valence-corrected chi connectivity index (χ2v) is 5.50. The minimum atomic E-state index is -1.00. The minimum Gasteiger partial charge on any atom is -0.479 e. The van der Waals surface area contributed by atoms with Crippen molar-refractivity contribution in [2.75, 3.05) is 26.3 Å². The summed E-state index contributed by atoms with van der Waals surface area (Å²) in [5, 5.41) is 8.90. The van der Waals surface area contributed by atoms with E-state index >= 15 is 0 Å². The van der Waals surface area contributed by atoms with E-state index in [0.717, 1.165) is 12.8 Å². The number of ether oxygens (including phenoxy) is 3. The zero-order valence-electron chi connectivity index (χ0n) is 11.2. The maximum Gasteiger partial charge on any atom is 0.332 e. The Morgan fingerprint density at radius 3 is 2.50 bits per heavy atom. The van der Waals surface area contributed by atoms with Crippen LogP contribution in [-0.4, -0.2) is 66.2 Å². The maximum absolute atomic E-state index is 12.4. The highest BCUT2D eigenvalue weighted by Gasteiger charge is 2.44. The van der Waals surface area contributed by atoms with Crippen molar-refractivity contribution in [3.8, 4) is 0 Å². The highest BCUT2D eigenvalue weighted by molar-refractivity contribution is 5.82. The van der Waals surface area contributed by atoms with Gasteiger partial charge in [-0.1, -0.05) is 0 Å². The second-order valence-electron chi connectivity index (χ2n) is 5.50. The number of carboxylic acid groups (broad SMARTS) is 1. The summed E-state index contributed by atoms with van der Waals surface area (Å²) in [5.74, 6) is -1.80. The first-order valence-corrected chi connectivity index (χ1v) is 7.05. The molecule has 0 aliphatic carbocycles. The SMILES string of the molecule is O=C(O)C1CCC(C(=O)N2CCCC3(C2)OCCO3)O1. The molecule has 7 heteroatoms. The van der Waals surface area contributed by atoms with Gasteiger partial charge in [-0.15, -0.1) is 0 Å². The molecule has 3 aliphatic rings. The van der Waals surface area contributed by atoms with Crippen LogP contribution in [0.2, 0.25) is 0 Å². The molecule has 3 heterocycles. The summed E-state index contributed by atoms with van der Waals surface area (Å²) in [6.45, 7) is 2.17. The number of rotatable bonds is 2. The van der Waals surface area contributed by atoms with Crippen LogP contribution in [0.15, 0.2) is 0 Å². The Morgan fingerprint density at radius 1 is 1.15 bits per heavy atom. The first-order chi connectivity index (χ1) is 9.60. The number of aliphatic carboxylic acids is 1. The Bertz CT molecular complexity index is 406. The number of hydrogen-bond acceptors (Lipinski definition) is 5. The molecule has 0 aromatic carbocycles. The number of likely N-dealkylation sites (tertiary alicyclic amines) is 1. The first kappa shape index (κ1) is 13.8. The van der Waals surface area contributed by atoms with Crippen LogP contribution < -0.4 is 0 Å². The Labute approximate surface area is 116 Å². The largest absolute Gasteiger partial charge is 0.479 e. The van der Waals surface area contributed by atoms with E-state index in [-0.39, 0.29) is 5.91 Å². The van der Waals surface area contributed by atoms with Crippen LogP contribution in [0.4, 0.5) is 0 Å². The molecule has 2 atom stereocenters. The molecule has 3 fully saturated rings. The van der Waals surface area contributed by atoms with Crippen LogP contribution in [0.25, 0.3) is 0 Å². The molecule has 3 rings (SSSR count). The lowest BCUT2D eigenvalue weighted by atomic mass is 10.0. The van der Waals surface area contributed by atoms with E-state index in [1.54, 1.807) is 4.90 Å². The zero-order chi connectivity index (χ0) is 14.2. The van der Waals surface area contributed by atoms with Crippen molar-refractivity contribution in [3.05, 3.63) is 0 Å². The molecular weight excluding hydrogens is 266 g/mol.